The van der Waals surface area contributed by atoms with Crippen molar-refractivity contribution in [3.8, 4) is 0 Å². The van der Waals surface area contributed by atoms with Crippen LogP contribution in [0.1, 0.15) is 183 Å². The number of aliphatic hydroxyl groups is 13. The summed E-state index contributed by atoms with van der Waals surface area (Å²) in [7, 11) is 0. The van der Waals surface area contributed by atoms with E-state index in [0.717, 1.165) is 18.4 Å². The standard InChI is InChI=1S/C56H105N3O17/c1-7-8-9-20-44-50(70)34(3)23-24-39(62)18-12-17-38(61)19-13-21-45(67)35(4)27-48(74-55-52(72)51(71)49(32-60)75-55)47(69)31-43(66)30-42(65)29-41(64)28-40(63)16-11-10-15-33(2)26-36(5)53(76-54(44)73)37(6)46(68)22-14-25-59-56(57)58/h26-27,34,36-53,55,60-72H,7-25,28-32H2,1-6H3,(H4,57,58,59). The first kappa shape index (κ1) is 69.7. The number of unbranched alkanes of at least 4 members (excludes halogenated alkanes) is 2. The molecule has 446 valence electrons. The molecule has 0 aliphatic carbocycles. The Balaban J connectivity index is 2.35. The van der Waals surface area contributed by atoms with Gasteiger partial charge in [-0.1, -0.05) is 71.1 Å². The highest BCUT2D eigenvalue weighted by molar-refractivity contribution is 5.75. The molecular weight excluding hydrogens is 987 g/mol. The molecule has 20 heteroatoms. The summed E-state index contributed by atoms with van der Waals surface area (Å²) in [5.74, 6) is -2.64. The van der Waals surface area contributed by atoms with Crippen molar-refractivity contribution in [1.82, 2.24) is 0 Å². The minimum Gasteiger partial charge on any atom is -0.461 e. The number of esters is 1. The quantitative estimate of drug-likeness (QED) is 0.0414. The van der Waals surface area contributed by atoms with E-state index in [0.29, 0.717) is 108 Å². The zero-order chi connectivity index (χ0) is 57.1. The summed E-state index contributed by atoms with van der Waals surface area (Å²) in [6, 6.07) is 0. The smallest absolute Gasteiger partial charge is 0.311 e. The van der Waals surface area contributed by atoms with Crippen LogP contribution in [0.4, 0.5) is 0 Å². The Morgan fingerprint density at radius 2 is 1.32 bits per heavy atom. The van der Waals surface area contributed by atoms with Crippen molar-refractivity contribution < 1.29 is 85.4 Å². The van der Waals surface area contributed by atoms with Crippen LogP contribution in [-0.4, -0.2) is 189 Å². The lowest BCUT2D eigenvalue weighted by atomic mass is 9.83. The lowest BCUT2D eigenvalue weighted by Crippen LogP contribution is -2.42. The van der Waals surface area contributed by atoms with Crippen molar-refractivity contribution in [2.24, 2.45) is 40.1 Å². The van der Waals surface area contributed by atoms with E-state index in [4.69, 9.17) is 25.7 Å². The Hall–Kier alpha value is -2.38. The Labute approximate surface area is 453 Å². The van der Waals surface area contributed by atoms with Gasteiger partial charge in [-0.05, 0) is 134 Å². The molecule has 2 heterocycles. The molecule has 20 atom stereocenters. The molecule has 0 aromatic carbocycles. The van der Waals surface area contributed by atoms with E-state index >= 15 is 0 Å². The van der Waals surface area contributed by atoms with Crippen LogP contribution in [0.2, 0.25) is 0 Å². The fraction of sp³-hybridized carbons (Fsp3) is 0.893. The summed E-state index contributed by atoms with van der Waals surface area (Å²) >= 11 is 0. The van der Waals surface area contributed by atoms with E-state index in [9.17, 15) is 71.2 Å². The molecule has 1 fully saturated rings. The molecule has 20 unspecified atom stereocenters. The fourth-order valence-electron chi connectivity index (χ4n) is 10.5. The molecule has 0 saturated carbocycles. The summed E-state index contributed by atoms with van der Waals surface area (Å²) in [5, 5.41) is 141. The Kier molecular flexibility index (Phi) is 34.4. The summed E-state index contributed by atoms with van der Waals surface area (Å²) in [4.78, 5) is 18.3. The van der Waals surface area contributed by atoms with Crippen molar-refractivity contribution in [1.29, 1.82) is 0 Å². The summed E-state index contributed by atoms with van der Waals surface area (Å²) in [6.07, 6.45) is -6.40. The molecule has 0 radical (unpaired) electrons. The monoisotopic (exact) mass is 1090 g/mol. The van der Waals surface area contributed by atoms with Gasteiger partial charge in [0.1, 0.15) is 30.5 Å². The van der Waals surface area contributed by atoms with E-state index in [2.05, 4.69) is 11.9 Å². The van der Waals surface area contributed by atoms with Crippen molar-refractivity contribution >= 4 is 11.9 Å². The molecular formula is C56H105N3O17. The molecule has 0 bridgehead atoms. The van der Waals surface area contributed by atoms with E-state index in [1.807, 2.05) is 33.8 Å². The topological polar surface area (TPSA) is 372 Å². The average molecular weight is 1090 g/mol. The molecule has 76 heavy (non-hydrogen) atoms. The molecule has 0 amide bonds. The van der Waals surface area contributed by atoms with Gasteiger partial charge >= 0.3 is 5.97 Å². The summed E-state index contributed by atoms with van der Waals surface area (Å²) in [6.45, 7) is 11.0. The van der Waals surface area contributed by atoms with Gasteiger partial charge in [0.2, 0.25) is 0 Å². The Morgan fingerprint density at radius 3 is 1.92 bits per heavy atom. The van der Waals surface area contributed by atoms with Crippen LogP contribution in [0.25, 0.3) is 0 Å². The predicted molar refractivity (Wildman–Crippen MR) is 289 cm³/mol. The highest BCUT2D eigenvalue weighted by Gasteiger charge is 2.45. The van der Waals surface area contributed by atoms with Crippen molar-refractivity contribution in [2.45, 2.75) is 281 Å². The molecule has 2 aliphatic heterocycles. The number of guanidine groups is 1. The van der Waals surface area contributed by atoms with E-state index in [1.54, 1.807) is 6.92 Å². The number of aliphatic imine (C=N–C) groups is 1. The van der Waals surface area contributed by atoms with E-state index in [1.165, 1.54) is 6.08 Å². The van der Waals surface area contributed by atoms with Crippen molar-refractivity contribution in [3.05, 3.63) is 23.3 Å². The van der Waals surface area contributed by atoms with Crippen molar-refractivity contribution in [3.63, 3.8) is 0 Å². The van der Waals surface area contributed by atoms with Crippen LogP contribution >= 0.6 is 0 Å². The molecule has 0 spiro atoms. The first-order chi connectivity index (χ1) is 35.9. The molecule has 0 aromatic rings. The maximum absolute atomic E-state index is 14.3. The number of ether oxygens (including phenoxy) is 3. The number of rotatable bonds is 13. The second kappa shape index (κ2) is 37.5. The Bertz CT molecular complexity index is 1660. The normalized spacial score (nSPS) is 37.0. The maximum Gasteiger partial charge on any atom is 0.311 e. The number of hydrogen-bond acceptors (Lipinski definition) is 18. The summed E-state index contributed by atoms with van der Waals surface area (Å²) < 4.78 is 17.7. The number of carbonyl (C=O) groups is 1. The third-order valence-electron chi connectivity index (χ3n) is 15.5. The zero-order valence-corrected chi connectivity index (χ0v) is 46.7. The maximum atomic E-state index is 14.3. The first-order valence-corrected chi connectivity index (χ1v) is 28.6. The number of aliphatic hydroxyl groups excluding tert-OH is 13. The van der Waals surface area contributed by atoms with E-state index in [-0.39, 0.29) is 49.9 Å². The molecule has 1 saturated heterocycles. The predicted octanol–water partition coefficient (Wildman–Crippen LogP) is 2.64. The SMILES string of the molecule is CCCCCC1C(=O)OC(C(C)C(O)CCCN=C(N)N)C(C)C=C(C)CCCCC(O)CC(O)CC(O)CC(O)CC(O)C(OC2OC(CO)C(O)C2O)C=C(C)C(O)CCCC(O)CCCC(O)CCC(C)C1O. The van der Waals surface area contributed by atoms with Gasteiger partial charge in [0.05, 0.1) is 73.6 Å². The van der Waals surface area contributed by atoms with Gasteiger partial charge in [-0.3, -0.25) is 9.79 Å². The lowest BCUT2D eigenvalue weighted by molar-refractivity contribution is -0.202. The highest BCUT2D eigenvalue weighted by atomic mass is 16.7. The van der Waals surface area contributed by atoms with Crippen LogP contribution in [0, 0.1) is 23.7 Å². The fourth-order valence-corrected chi connectivity index (χ4v) is 10.5. The highest BCUT2D eigenvalue weighted by Crippen LogP contribution is 2.32. The third kappa shape index (κ3) is 26.7. The minimum atomic E-state index is -1.59. The number of nitrogens with two attached hydrogens (primary N) is 2. The van der Waals surface area contributed by atoms with Crippen LogP contribution in [0.3, 0.4) is 0 Å². The third-order valence-corrected chi connectivity index (χ3v) is 15.5. The van der Waals surface area contributed by atoms with Crippen LogP contribution in [0.15, 0.2) is 28.3 Å². The molecule has 2 rings (SSSR count). The lowest BCUT2D eigenvalue weighted by Gasteiger charge is -2.34. The van der Waals surface area contributed by atoms with Crippen LogP contribution in [0.5, 0.6) is 0 Å². The van der Waals surface area contributed by atoms with Gasteiger partial charge in [0, 0.05) is 24.8 Å². The van der Waals surface area contributed by atoms with Gasteiger partial charge < -0.3 is 92.1 Å². The minimum absolute atomic E-state index is 0.0264. The number of nitrogens with zero attached hydrogens (tertiary/aromatic N) is 1. The zero-order valence-electron chi connectivity index (χ0n) is 46.7. The van der Waals surface area contributed by atoms with Gasteiger partial charge in [0.15, 0.2) is 12.2 Å². The van der Waals surface area contributed by atoms with Crippen LogP contribution < -0.4 is 11.5 Å². The van der Waals surface area contributed by atoms with Crippen molar-refractivity contribution in [2.75, 3.05) is 13.2 Å². The second-order valence-corrected chi connectivity index (χ2v) is 22.6. The molecule has 0 aromatic heterocycles. The number of allylic oxidation sites excluding steroid dienone is 1. The first-order valence-electron chi connectivity index (χ1n) is 28.6. The largest absolute Gasteiger partial charge is 0.461 e. The summed E-state index contributed by atoms with van der Waals surface area (Å²) in [5.41, 5.74) is 12.4. The molecule has 2 aliphatic rings. The molecule has 17 N–H and O–H groups in total. The van der Waals surface area contributed by atoms with Gasteiger partial charge in [-0.15, -0.1) is 0 Å². The number of cyclic esters (lactones) is 1. The number of carbonyl (C=O) groups excluding carboxylic acids is 1. The van der Waals surface area contributed by atoms with Gasteiger partial charge in [-0.2, -0.15) is 0 Å². The average Bonchev–Trinajstić information content (AvgIpc) is 3.62. The second-order valence-electron chi connectivity index (χ2n) is 22.6. The molecule has 20 nitrogen and oxygen atoms in total. The van der Waals surface area contributed by atoms with Crippen LogP contribution in [-0.2, 0) is 19.0 Å². The Morgan fingerprint density at radius 1 is 0.724 bits per heavy atom. The van der Waals surface area contributed by atoms with Gasteiger partial charge in [0.25, 0.3) is 0 Å². The van der Waals surface area contributed by atoms with E-state index < -0.39 is 122 Å². The number of hydrogen-bond donors (Lipinski definition) is 15. The van der Waals surface area contributed by atoms with Gasteiger partial charge in [-0.25, -0.2) is 0 Å².